The van der Waals surface area contributed by atoms with Crippen molar-refractivity contribution in [3.63, 3.8) is 0 Å². The summed E-state index contributed by atoms with van der Waals surface area (Å²) in [5.41, 5.74) is 2.40. The Balaban J connectivity index is 2.16. The number of nitrogens with one attached hydrogen (secondary N) is 1. The standard InChI is InChI=1S/C14H18N2O3S2/c1-10(8-19-2)14-15-13(9-20-14)11-4-6-12(7-5-11)16-21(3,17)18/h4-7,9-10,16H,8H2,1-3H3/t10-/m1/s1. The van der Waals surface area contributed by atoms with Crippen LogP contribution >= 0.6 is 11.3 Å². The van der Waals surface area contributed by atoms with Gasteiger partial charge in [0.25, 0.3) is 0 Å². The number of sulfonamides is 1. The van der Waals surface area contributed by atoms with Crippen LogP contribution in [0.1, 0.15) is 17.8 Å². The smallest absolute Gasteiger partial charge is 0.229 e. The first-order valence-corrected chi connectivity index (χ1v) is 9.19. The molecule has 0 aliphatic carbocycles. The van der Waals surface area contributed by atoms with E-state index in [9.17, 15) is 8.42 Å². The first-order chi connectivity index (χ1) is 9.89. The van der Waals surface area contributed by atoms with Gasteiger partial charge in [-0.05, 0) is 12.1 Å². The predicted molar refractivity (Wildman–Crippen MR) is 86.3 cm³/mol. The number of hydrogen-bond acceptors (Lipinski definition) is 5. The molecule has 1 heterocycles. The monoisotopic (exact) mass is 326 g/mol. The van der Waals surface area contributed by atoms with Gasteiger partial charge in [-0.2, -0.15) is 0 Å². The van der Waals surface area contributed by atoms with Crippen LogP contribution in [0.25, 0.3) is 11.3 Å². The Hall–Kier alpha value is -1.44. The number of nitrogens with zero attached hydrogens (tertiary/aromatic N) is 1. The molecule has 2 aromatic rings. The van der Waals surface area contributed by atoms with Crippen LogP contribution in [0.5, 0.6) is 0 Å². The number of ether oxygens (including phenoxy) is 1. The second-order valence-electron chi connectivity index (χ2n) is 4.88. The maximum Gasteiger partial charge on any atom is 0.229 e. The van der Waals surface area contributed by atoms with Crippen molar-refractivity contribution in [3.8, 4) is 11.3 Å². The largest absolute Gasteiger partial charge is 0.384 e. The van der Waals surface area contributed by atoms with Gasteiger partial charge in [-0.3, -0.25) is 4.72 Å². The lowest BCUT2D eigenvalue weighted by atomic mass is 10.1. The Bertz CT molecular complexity index is 693. The summed E-state index contributed by atoms with van der Waals surface area (Å²) < 4.78 is 29.9. The van der Waals surface area contributed by atoms with Gasteiger partial charge in [-0.1, -0.05) is 19.1 Å². The van der Waals surface area contributed by atoms with Gasteiger partial charge in [0.2, 0.25) is 10.0 Å². The molecule has 0 unspecified atom stereocenters. The average Bonchev–Trinajstić information content (AvgIpc) is 2.87. The van der Waals surface area contributed by atoms with Crippen molar-refractivity contribution < 1.29 is 13.2 Å². The molecule has 0 amide bonds. The number of thiazole rings is 1. The number of hydrogen-bond donors (Lipinski definition) is 1. The van der Waals surface area contributed by atoms with Crippen LogP contribution < -0.4 is 4.72 Å². The van der Waals surface area contributed by atoms with Crippen molar-refractivity contribution in [2.24, 2.45) is 0 Å². The topological polar surface area (TPSA) is 68.3 Å². The van der Waals surface area contributed by atoms with Crippen LogP contribution in [-0.4, -0.2) is 33.4 Å². The average molecular weight is 326 g/mol. The van der Waals surface area contributed by atoms with Gasteiger partial charge in [0.15, 0.2) is 0 Å². The fraction of sp³-hybridized carbons (Fsp3) is 0.357. The first kappa shape index (κ1) is 15.9. The molecular weight excluding hydrogens is 308 g/mol. The molecule has 0 aliphatic rings. The second kappa shape index (κ2) is 6.55. The van der Waals surface area contributed by atoms with Gasteiger partial charge in [-0.25, -0.2) is 13.4 Å². The van der Waals surface area contributed by atoms with Crippen LogP contribution in [0.3, 0.4) is 0 Å². The summed E-state index contributed by atoms with van der Waals surface area (Å²) in [5.74, 6) is 0.264. The van der Waals surface area contributed by atoms with Crippen molar-refractivity contribution in [2.75, 3.05) is 24.7 Å². The van der Waals surface area contributed by atoms with Crippen molar-refractivity contribution in [3.05, 3.63) is 34.7 Å². The Morgan fingerprint density at radius 2 is 2.00 bits per heavy atom. The van der Waals surface area contributed by atoms with Gasteiger partial charge in [-0.15, -0.1) is 11.3 Å². The summed E-state index contributed by atoms with van der Waals surface area (Å²) in [6, 6.07) is 7.17. The molecule has 2 rings (SSSR count). The highest BCUT2D eigenvalue weighted by molar-refractivity contribution is 7.92. The highest BCUT2D eigenvalue weighted by Crippen LogP contribution is 2.27. The van der Waals surface area contributed by atoms with Crippen LogP contribution in [-0.2, 0) is 14.8 Å². The fourth-order valence-electron chi connectivity index (χ4n) is 1.89. The Morgan fingerprint density at radius 1 is 1.33 bits per heavy atom. The number of benzene rings is 1. The van der Waals surface area contributed by atoms with Gasteiger partial charge < -0.3 is 4.74 Å². The molecule has 0 saturated heterocycles. The van der Waals surface area contributed by atoms with E-state index in [0.29, 0.717) is 12.3 Å². The fourth-order valence-corrected chi connectivity index (χ4v) is 3.33. The number of methoxy groups -OCH3 is 1. The van der Waals surface area contributed by atoms with Crippen molar-refractivity contribution in [1.29, 1.82) is 0 Å². The Labute approximate surface area is 129 Å². The maximum atomic E-state index is 11.2. The molecule has 7 heteroatoms. The second-order valence-corrected chi connectivity index (χ2v) is 7.52. The van der Waals surface area contributed by atoms with Crippen LogP contribution in [0.15, 0.2) is 29.6 Å². The van der Waals surface area contributed by atoms with Gasteiger partial charge in [0, 0.05) is 29.7 Å². The summed E-state index contributed by atoms with van der Waals surface area (Å²) in [6.07, 6.45) is 1.13. The minimum absolute atomic E-state index is 0.264. The van der Waals surface area contributed by atoms with Gasteiger partial charge in [0.1, 0.15) is 0 Å². The highest BCUT2D eigenvalue weighted by Gasteiger charge is 2.11. The molecule has 1 aromatic heterocycles. The SMILES string of the molecule is COC[C@@H](C)c1nc(-c2ccc(NS(C)(=O)=O)cc2)cs1. The van der Waals surface area contributed by atoms with E-state index in [4.69, 9.17) is 4.74 Å². The van der Waals surface area contributed by atoms with E-state index in [-0.39, 0.29) is 5.92 Å². The predicted octanol–water partition coefficient (Wildman–Crippen LogP) is 2.93. The zero-order chi connectivity index (χ0) is 15.5. The third-order valence-electron chi connectivity index (χ3n) is 2.84. The Morgan fingerprint density at radius 3 is 2.57 bits per heavy atom. The summed E-state index contributed by atoms with van der Waals surface area (Å²) in [6.45, 7) is 2.72. The van der Waals surface area contributed by atoms with Crippen LogP contribution in [0.2, 0.25) is 0 Å². The molecule has 5 nitrogen and oxygen atoms in total. The molecule has 0 fully saturated rings. The summed E-state index contributed by atoms with van der Waals surface area (Å²) in [4.78, 5) is 4.60. The zero-order valence-corrected chi connectivity index (χ0v) is 13.8. The van der Waals surface area contributed by atoms with E-state index in [2.05, 4.69) is 16.6 Å². The number of rotatable bonds is 6. The molecular formula is C14H18N2O3S2. The van der Waals surface area contributed by atoms with Gasteiger partial charge >= 0.3 is 0 Å². The first-order valence-electron chi connectivity index (χ1n) is 6.41. The molecule has 0 bridgehead atoms. The lowest BCUT2D eigenvalue weighted by Crippen LogP contribution is -2.09. The molecule has 0 aliphatic heterocycles. The molecule has 0 radical (unpaired) electrons. The summed E-state index contributed by atoms with van der Waals surface area (Å²) in [5, 5.41) is 3.03. The maximum absolute atomic E-state index is 11.2. The van der Waals surface area contributed by atoms with E-state index < -0.39 is 10.0 Å². The number of anilines is 1. The van der Waals surface area contributed by atoms with Gasteiger partial charge in [0.05, 0.1) is 23.6 Å². The highest BCUT2D eigenvalue weighted by atomic mass is 32.2. The third-order valence-corrected chi connectivity index (χ3v) is 4.53. The minimum atomic E-state index is -3.25. The van der Waals surface area contributed by atoms with Crippen molar-refractivity contribution in [1.82, 2.24) is 4.98 Å². The van der Waals surface area contributed by atoms with Crippen LogP contribution in [0, 0.1) is 0 Å². The normalized spacial score (nSPS) is 13.1. The van der Waals surface area contributed by atoms with Crippen LogP contribution in [0.4, 0.5) is 5.69 Å². The van der Waals surface area contributed by atoms with E-state index in [1.807, 2.05) is 17.5 Å². The lowest BCUT2D eigenvalue weighted by molar-refractivity contribution is 0.184. The lowest BCUT2D eigenvalue weighted by Gasteiger charge is -2.06. The van der Waals surface area contributed by atoms with E-state index in [1.54, 1.807) is 30.6 Å². The summed E-state index contributed by atoms with van der Waals surface area (Å²) in [7, 11) is -1.57. The van der Waals surface area contributed by atoms with Crippen molar-refractivity contribution >= 4 is 27.0 Å². The molecule has 21 heavy (non-hydrogen) atoms. The zero-order valence-electron chi connectivity index (χ0n) is 12.2. The van der Waals surface area contributed by atoms with E-state index >= 15 is 0 Å². The molecule has 114 valence electrons. The molecule has 1 aromatic carbocycles. The molecule has 0 spiro atoms. The number of aromatic nitrogens is 1. The minimum Gasteiger partial charge on any atom is -0.384 e. The molecule has 0 saturated carbocycles. The quantitative estimate of drug-likeness (QED) is 0.886. The Kier molecular flexibility index (Phi) is 4.97. The third kappa shape index (κ3) is 4.52. The van der Waals surface area contributed by atoms with E-state index in [1.165, 1.54) is 0 Å². The van der Waals surface area contributed by atoms with Crippen molar-refractivity contribution in [2.45, 2.75) is 12.8 Å². The molecule has 1 atom stereocenters. The van der Waals surface area contributed by atoms with E-state index in [0.717, 1.165) is 22.5 Å². The summed E-state index contributed by atoms with van der Waals surface area (Å²) >= 11 is 1.60. The molecule has 1 N–H and O–H groups in total.